The van der Waals surface area contributed by atoms with E-state index in [4.69, 9.17) is 0 Å². The summed E-state index contributed by atoms with van der Waals surface area (Å²) in [7, 11) is 0. The third-order valence-electron chi connectivity index (χ3n) is 5.50. The van der Waals surface area contributed by atoms with E-state index < -0.39 is 0 Å². The maximum Gasteiger partial charge on any atom is 0.0116 e. The lowest BCUT2D eigenvalue weighted by molar-refractivity contribution is 0.153. The first-order valence-electron chi connectivity index (χ1n) is 8.67. The number of hydrogen-bond acceptors (Lipinski definition) is 3. The molecule has 0 amide bonds. The normalized spacial score (nSPS) is 30.3. The maximum absolute atomic E-state index is 3.83. The highest BCUT2D eigenvalue weighted by atomic mass is 32.2. The van der Waals surface area contributed by atoms with Crippen molar-refractivity contribution < 1.29 is 0 Å². The summed E-state index contributed by atoms with van der Waals surface area (Å²) >= 11 is 2.17. The Kier molecular flexibility index (Phi) is 4.69. The Morgan fingerprint density at radius 1 is 1.10 bits per heavy atom. The quantitative estimate of drug-likeness (QED) is 0.836. The molecule has 1 heterocycles. The third kappa shape index (κ3) is 4.14. The van der Waals surface area contributed by atoms with Crippen LogP contribution in [0.2, 0.25) is 0 Å². The first-order valence-corrected chi connectivity index (χ1v) is 9.65. The topological polar surface area (TPSA) is 15.3 Å². The Labute approximate surface area is 129 Å². The number of thioether (sulfide) groups is 1. The smallest absolute Gasteiger partial charge is 0.0116 e. The van der Waals surface area contributed by atoms with Gasteiger partial charge in [0, 0.05) is 36.2 Å². The number of hydrogen-bond donors (Lipinski definition) is 1. The van der Waals surface area contributed by atoms with Crippen LogP contribution in [0.5, 0.6) is 0 Å². The first-order chi connectivity index (χ1) is 9.57. The molecule has 3 fully saturated rings. The Bertz CT molecular complexity index is 319. The van der Waals surface area contributed by atoms with Gasteiger partial charge in [-0.2, -0.15) is 11.8 Å². The predicted molar refractivity (Wildman–Crippen MR) is 89.5 cm³/mol. The van der Waals surface area contributed by atoms with Crippen LogP contribution in [0.25, 0.3) is 0 Å². The van der Waals surface area contributed by atoms with Crippen molar-refractivity contribution in [1.82, 2.24) is 10.2 Å². The fourth-order valence-electron chi connectivity index (χ4n) is 3.86. The van der Waals surface area contributed by atoms with E-state index >= 15 is 0 Å². The summed E-state index contributed by atoms with van der Waals surface area (Å²) < 4.78 is 0.490. The molecule has 2 saturated carbocycles. The molecule has 3 rings (SSSR count). The Hall–Kier alpha value is 0.270. The van der Waals surface area contributed by atoms with Gasteiger partial charge in [0.1, 0.15) is 0 Å². The zero-order valence-electron chi connectivity index (χ0n) is 13.4. The van der Waals surface area contributed by atoms with Crippen LogP contribution in [-0.4, -0.2) is 47.6 Å². The molecule has 0 bridgehead atoms. The molecule has 0 unspecified atom stereocenters. The second-order valence-corrected chi connectivity index (χ2v) is 9.80. The zero-order chi connectivity index (χ0) is 14.1. The second-order valence-electron chi connectivity index (χ2n) is 8.00. The van der Waals surface area contributed by atoms with Gasteiger partial charge in [0.25, 0.3) is 0 Å². The molecule has 3 heteroatoms. The number of rotatable bonds is 5. The molecule has 2 nitrogen and oxygen atoms in total. The monoisotopic (exact) mass is 296 g/mol. The van der Waals surface area contributed by atoms with Gasteiger partial charge in [-0.1, -0.05) is 26.7 Å². The molecule has 1 aliphatic heterocycles. The van der Waals surface area contributed by atoms with E-state index in [1.807, 2.05) is 0 Å². The molecule has 1 N–H and O–H groups in total. The van der Waals surface area contributed by atoms with Crippen LogP contribution in [0.4, 0.5) is 0 Å². The van der Waals surface area contributed by atoms with Gasteiger partial charge in [0.15, 0.2) is 0 Å². The minimum Gasteiger partial charge on any atom is -0.313 e. The van der Waals surface area contributed by atoms with E-state index in [2.05, 4.69) is 35.8 Å². The summed E-state index contributed by atoms with van der Waals surface area (Å²) in [4.78, 5) is 2.78. The van der Waals surface area contributed by atoms with Crippen molar-refractivity contribution in [2.75, 3.05) is 31.9 Å². The van der Waals surface area contributed by atoms with Crippen LogP contribution in [0, 0.1) is 5.41 Å². The van der Waals surface area contributed by atoms with Crippen molar-refractivity contribution >= 4 is 11.8 Å². The highest BCUT2D eigenvalue weighted by Gasteiger charge is 2.37. The lowest BCUT2D eigenvalue weighted by atomic mass is 9.85. The van der Waals surface area contributed by atoms with E-state index in [9.17, 15) is 0 Å². The average Bonchev–Trinajstić information content (AvgIpc) is 3.15. The fraction of sp³-hybridized carbons (Fsp3) is 1.00. The standard InChI is InChI=1S/C17H32N2S/c1-16(2)9-10-19(11-12-20-16)14-17(7-3-4-8-17)13-18-15-5-6-15/h15,18H,3-14H2,1-2H3. The number of nitrogens with zero attached hydrogens (tertiary/aromatic N) is 1. The van der Waals surface area contributed by atoms with Crippen LogP contribution in [0.3, 0.4) is 0 Å². The van der Waals surface area contributed by atoms with E-state index in [-0.39, 0.29) is 0 Å². The van der Waals surface area contributed by atoms with E-state index in [1.54, 1.807) is 0 Å². The lowest BCUT2D eigenvalue weighted by Gasteiger charge is -2.35. The molecule has 3 aliphatic rings. The van der Waals surface area contributed by atoms with E-state index in [0.717, 1.165) is 6.04 Å². The maximum atomic E-state index is 3.83. The van der Waals surface area contributed by atoms with Crippen molar-refractivity contribution in [2.45, 2.75) is 69.6 Å². The first kappa shape index (κ1) is 15.2. The van der Waals surface area contributed by atoms with Crippen LogP contribution in [-0.2, 0) is 0 Å². The minimum atomic E-state index is 0.490. The van der Waals surface area contributed by atoms with Crippen molar-refractivity contribution in [3.63, 3.8) is 0 Å². The zero-order valence-corrected chi connectivity index (χ0v) is 14.2. The van der Waals surface area contributed by atoms with Gasteiger partial charge in [-0.3, -0.25) is 0 Å². The van der Waals surface area contributed by atoms with Gasteiger partial charge < -0.3 is 10.2 Å². The summed E-state index contributed by atoms with van der Waals surface area (Å²) in [6.45, 7) is 10.1. The highest BCUT2D eigenvalue weighted by molar-refractivity contribution is 8.00. The van der Waals surface area contributed by atoms with Crippen molar-refractivity contribution in [2.24, 2.45) is 5.41 Å². The summed E-state index contributed by atoms with van der Waals surface area (Å²) in [5.74, 6) is 1.32. The largest absolute Gasteiger partial charge is 0.313 e. The molecule has 1 saturated heterocycles. The molecule has 0 atom stereocenters. The molecule has 0 aromatic rings. The molecule has 20 heavy (non-hydrogen) atoms. The summed E-state index contributed by atoms with van der Waals surface area (Å²) in [6, 6.07) is 0.867. The summed E-state index contributed by atoms with van der Waals surface area (Å²) in [5.41, 5.74) is 0.599. The molecular formula is C17H32N2S. The molecule has 116 valence electrons. The van der Waals surface area contributed by atoms with Gasteiger partial charge in [-0.25, -0.2) is 0 Å². The summed E-state index contributed by atoms with van der Waals surface area (Å²) in [6.07, 6.45) is 10.0. The van der Waals surface area contributed by atoms with E-state index in [1.165, 1.54) is 76.9 Å². The minimum absolute atomic E-state index is 0.490. The van der Waals surface area contributed by atoms with Crippen molar-refractivity contribution in [3.8, 4) is 0 Å². The van der Waals surface area contributed by atoms with Gasteiger partial charge in [-0.05, 0) is 44.1 Å². The SMILES string of the molecule is CC1(C)CCN(CC2(CNC3CC3)CCCC2)CCS1. The molecule has 0 radical (unpaired) electrons. The van der Waals surface area contributed by atoms with Crippen LogP contribution >= 0.6 is 11.8 Å². The molecule has 0 aromatic carbocycles. The van der Waals surface area contributed by atoms with Gasteiger partial charge in [-0.15, -0.1) is 0 Å². The van der Waals surface area contributed by atoms with Crippen LogP contribution in [0.1, 0.15) is 58.8 Å². The van der Waals surface area contributed by atoms with Gasteiger partial charge >= 0.3 is 0 Å². The Balaban J connectivity index is 1.55. The van der Waals surface area contributed by atoms with Crippen molar-refractivity contribution in [3.05, 3.63) is 0 Å². The Morgan fingerprint density at radius 2 is 1.85 bits per heavy atom. The fourth-order valence-corrected chi connectivity index (χ4v) is 5.00. The summed E-state index contributed by atoms with van der Waals surface area (Å²) in [5, 5.41) is 3.83. The van der Waals surface area contributed by atoms with Gasteiger partial charge in [0.2, 0.25) is 0 Å². The van der Waals surface area contributed by atoms with Gasteiger partial charge in [0.05, 0.1) is 0 Å². The lowest BCUT2D eigenvalue weighted by Crippen LogP contribution is -2.44. The van der Waals surface area contributed by atoms with E-state index in [0.29, 0.717) is 10.2 Å². The number of nitrogens with one attached hydrogen (secondary N) is 1. The second kappa shape index (κ2) is 6.18. The average molecular weight is 297 g/mol. The van der Waals surface area contributed by atoms with Crippen molar-refractivity contribution in [1.29, 1.82) is 0 Å². The van der Waals surface area contributed by atoms with Crippen LogP contribution < -0.4 is 5.32 Å². The molecular weight excluding hydrogens is 264 g/mol. The molecule has 0 aromatic heterocycles. The predicted octanol–water partition coefficient (Wildman–Crippen LogP) is 3.52. The molecule has 2 aliphatic carbocycles. The van der Waals surface area contributed by atoms with Crippen LogP contribution in [0.15, 0.2) is 0 Å². The molecule has 0 spiro atoms. The third-order valence-corrected chi connectivity index (χ3v) is 6.87. The Morgan fingerprint density at radius 3 is 2.55 bits per heavy atom. The highest BCUT2D eigenvalue weighted by Crippen LogP contribution is 2.40.